The first-order valence-corrected chi connectivity index (χ1v) is 7.27. The van der Waals surface area contributed by atoms with E-state index in [2.05, 4.69) is 0 Å². The van der Waals surface area contributed by atoms with E-state index in [9.17, 15) is 9.90 Å². The van der Waals surface area contributed by atoms with E-state index in [0.717, 1.165) is 19.4 Å². The molecule has 3 fully saturated rings. The molecule has 2 saturated heterocycles. The number of aliphatic hydroxyl groups excluding tert-OH is 1. The molecule has 3 aliphatic rings. The Kier molecular flexibility index (Phi) is 2.93. The van der Waals surface area contributed by atoms with E-state index in [4.69, 9.17) is 10.5 Å². The zero-order valence-electron chi connectivity index (χ0n) is 11.8. The van der Waals surface area contributed by atoms with Gasteiger partial charge in [0.1, 0.15) is 5.54 Å². The summed E-state index contributed by atoms with van der Waals surface area (Å²) < 4.78 is 5.82. The van der Waals surface area contributed by atoms with Crippen LogP contribution in [-0.4, -0.2) is 53.4 Å². The Labute approximate surface area is 114 Å². The topological polar surface area (TPSA) is 75.8 Å². The molecule has 0 aromatic carbocycles. The highest BCUT2D eigenvalue weighted by Gasteiger charge is 2.71. The van der Waals surface area contributed by atoms with Gasteiger partial charge in [-0.05, 0) is 19.3 Å². The van der Waals surface area contributed by atoms with Crippen LogP contribution in [-0.2, 0) is 9.53 Å². The molecule has 1 saturated carbocycles. The summed E-state index contributed by atoms with van der Waals surface area (Å²) in [4.78, 5) is 14.5. The van der Waals surface area contributed by atoms with Crippen molar-refractivity contribution < 1.29 is 14.6 Å². The Morgan fingerprint density at radius 1 is 1.42 bits per heavy atom. The van der Waals surface area contributed by atoms with Crippen LogP contribution in [0.1, 0.15) is 33.1 Å². The van der Waals surface area contributed by atoms with Crippen LogP contribution in [0.25, 0.3) is 0 Å². The fourth-order valence-electron chi connectivity index (χ4n) is 4.20. The van der Waals surface area contributed by atoms with Crippen LogP contribution in [0.5, 0.6) is 0 Å². The maximum Gasteiger partial charge on any atom is 0.243 e. The number of fused-ring (bicyclic) bond motifs is 1. The van der Waals surface area contributed by atoms with E-state index in [1.165, 1.54) is 0 Å². The van der Waals surface area contributed by atoms with Gasteiger partial charge >= 0.3 is 0 Å². The van der Waals surface area contributed by atoms with E-state index < -0.39 is 11.6 Å². The van der Waals surface area contributed by atoms with Crippen molar-refractivity contribution in [1.29, 1.82) is 0 Å². The van der Waals surface area contributed by atoms with Gasteiger partial charge in [-0.25, -0.2) is 0 Å². The number of aliphatic hydroxyl groups is 1. The van der Waals surface area contributed by atoms with Crippen molar-refractivity contribution in [1.82, 2.24) is 4.90 Å². The molecule has 2 heterocycles. The average molecular weight is 268 g/mol. The second-order valence-corrected chi connectivity index (χ2v) is 6.82. The molecule has 3 N–H and O–H groups in total. The average Bonchev–Trinajstić information content (AvgIpc) is 2.83. The zero-order chi connectivity index (χ0) is 13.8. The van der Waals surface area contributed by atoms with Crippen molar-refractivity contribution in [2.24, 2.45) is 17.1 Å². The van der Waals surface area contributed by atoms with Crippen molar-refractivity contribution in [3.05, 3.63) is 0 Å². The lowest BCUT2D eigenvalue weighted by Crippen LogP contribution is -2.82. The van der Waals surface area contributed by atoms with E-state index >= 15 is 0 Å². The Hall–Kier alpha value is -0.650. The number of nitrogens with two attached hydrogens (primary N) is 1. The molecule has 3 unspecified atom stereocenters. The summed E-state index contributed by atoms with van der Waals surface area (Å²) in [5.41, 5.74) is 5.39. The molecule has 1 aliphatic carbocycles. The van der Waals surface area contributed by atoms with Crippen molar-refractivity contribution >= 4 is 5.91 Å². The summed E-state index contributed by atoms with van der Waals surface area (Å²) in [6.07, 6.45) is 2.31. The van der Waals surface area contributed by atoms with Crippen LogP contribution in [0, 0.1) is 11.3 Å². The van der Waals surface area contributed by atoms with E-state index in [1.54, 1.807) is 4.90 Å². The molecular formula is C14H24N2O3. The smallest absolute Gasteiger partial charge is 0.243 e. The van der Waals surface area contributed by atoms with Crippen molar-refractivity contribution in [3.8, 4) is 0 Å². The van der Waals surface area contributed by atoms with Crippen LogP contribution in [0.2, 0.25) is 0 Å². The largest absolute Gasteiger partial charge is 0.391 e. The summed E-state index contributed by atoms with van der Waals surface area (Å²) >= 11 is 0. The zero-order valence-corrected chi connectivity index (χ0v) is 11.8. The second kappa shape index (κ2) is 4.17. The summed E-state index contributed by atoms with van der Waals surface area (Å²) in [7, 11) is 0. The molecule has 5 heteroatoms. The predicted molar refractivity (Wildman–Crippen MR) is 70.4 cm³/mol. The molecule has 19 heavy (non-hydrogen) atoms. The summed E-state index contributed by atoms with van der Waals surface area (Å²) in [5.74, 6) is 0.127. The van der Waals surface area contributed by atoms with Crippen LogP contribution in [0.4, 0.5) is 0 Å². The SMILES string of the molecule is CC1(C)C2OCCCC2C1(N)C(=O)N1CC[C@H](O)C1. The number of ether oxygens (including phenoxy) is 1. The molecule has 0 aromatic heterocycles. The lowest BCUT2D eigenvalue weighted by molar-refractivity contribution is -0.229. The number of hydrogen-bond acceptors (Lipinski definition) is 4. The minimum absolute atomic E-state index is 0.000741. The summed E-state index contributed by atoms with van der Waals surface area (Å²) in [6, 6.07) is 0. The Morgan fingerprint density at radius 3 is 2.79 bits per heavy atom. The lowest BCUT2D eigenvalue weighted by atomic mass is 9.46. The molecule has 0 bridgehead atoms. The molecule has 5 nitrogen and oxygen atoms in total. The maximum absolute atomic E-state index is 12.8. The van der Waals surface area contributed by atoms with Crippen molar-refractivity contribution in [2.75, 3.05) is 19.7 Å². The van der Waals surface area contributed by atoms with Crippen molar-refractivity contribution in [2.45, 2.75) is 50.9 Å². The number of rotatable bonds is 1. The molecule has 1 amide bonds. The van der Waals surface area contributed by atoms with Gasteiger partial charge in [0.2, 0.25) is 5.91 Å². The molecule has 0 spiro atoms. The fourth-order valence-corrected chi connectivity index (χ4v) is 4.20. The third kappa shape index (κ3) is 1.61. The van der Waals surface area contributed by atoms with Crippen LogP contribution in [0.15, 0.2) is 0 Å². The van der Waals surface area contributed by atoms with E-state index in [1.807, 2.05) is 13.8 Å². The highest BCUT2D eigenvalue weighted by molar-refractivity contribution is 5.89. The molecule has 3 rings (SSSR count). The molecule has 0 radical (unpaired) electrons. The number of hydrogen-bond donors (Lipinski definition) is 2. The Bertz CT molecular complexity index is 398. The minimum atomic E-state index is -0.831. The van der Waals surface area contributed by atoms with Gasteiger partial charge in [0.15, 0.2) is 0 Å². The predicted octanol–water partition coefficient (Wildman–Crippen LogP) is 0.112. The monoisotopic (exact) mass is 268 g/mol. The van der Waals surface area contributed by atoms with Gasteiger partial charge in [-0.3, -0.25) is 4.79 Å². The number of β-amino-alcohol motifs (C(OH)–C–C–N with tert-alkyl or cyclic N) is 1. The first kappa shape index (κ1) is 13.3. The summed E-state index contributed by atoms with van der Waals surface area (Å²) in [5, 5.41) is 9.61. The van der Waals surface area contributed by atoms with Gasteiger partial charge < -0.3 is 20.5 Å². The van der Waals surface area contributed by atoms with Crippen molar-refractivity contribution in [3.63, 3.8) is 0 Å². The van der Waals surface area contributed by atoms with Gasteiger partial charge in [-0.15, -0.1) is 0 Å². The van der Waals surface area contributed by atoms with E-state index in [0.29, 0.717) is 19.5 Å². The highest BCUT2D eigenvalue weighted by atomic mass is 16.5. The van der Waals surface area contributed by atoms with Crippen LogP contribution >= 0.6 is 0 Å². The first-order chi connectivity index (χ1) is 8.89. The lowest BCUT2D eigenvalue weighted by Gasteiger charge is -2.65. The molecule has 2 aliphatic heterocycles. The maximum atomic E-state index is 12.8. The summed E-state index contributed by atoms with van der Waals surface area (Å²) in [6.45, 7) is 5.88. The normalized spacial score (nSPS) is 44.6. The van der Waals surface area contributed by atoms with Crippen LogP contribution < -0.4 is 5.73 Å². The molecular weight excluding hydrogens is 244 g/mol. The van der Waals surface area contributed by atoms with Crippen LogP contribution in [0.3, 0.4) is 0 Å². The Morgan fingerprint density at radius 2 is 2.16 bits per heavy atom. The highest BCUT2D eigenvalue weighted by Crippen LogP contribution is 2.58. The molecule has 4 atom stereocenters. The minimum Gasteiger partial charge on any atom is -0.391 e. The van der Waals surface area contributed by atoms with Gasteiger partial charge in [0, 0.05) is 31.0 Å². The van der Waals surface area contributed by atoms with E-state index in [-0.39, 0.29) is 23.3 Å². The standard InChI is InChI=1S/C14H24N2O3/c1-13(2)11-10(4-3-7-19-11)14(13,15)12(18)16-6-5-9(17)8-16/h9-11,17H,3-8,15H2,1-2H3/t9-,10?,11?,14?/m0/s1. The molecule has 0 aromatic rings. The second-order valence-electron chi connectivity index (χ2n) is 6.82. The van der Waals surface area contributed by atoms with Gasteiger partial charge in [0.05, 0.1) is 12.2 Å². The van der Waals surface area contributed by atoms with Gasteiger partial charge in [-0.2, -0.15) is 0 Å². The number of carbonyl (C=O) groups excluding carboxylic acids is 1. The number of nitrogens with zero attached hydrogens (tertiary/aromatic N) is 1. The Balaban J connectivity index is 1.83. The van der Waals surface area contributed by atoms with Gasteiger partial charge in [-0.1, -0.05) is 13.8 Å². The third-order valence-electron chi connectivity index (χ3n) is 5.49. The quantitative estimate of drug-likeness (QED) is 0.708. The number of amides is 1. The van der Waals surface area contributed by atoms with Gasteiger partial charge in [0.25, 0.3) is 0 Å². The fraction of sp³-hybridized carbons (Fsp3) is 0.929. The molecule has 108 valence electrons. The number of likely N-dealkylation sites (tertiary alicyclic amines) is 1. The number of carbonyl (C=O) groups is 1. The third-order valence-corrected chi connectivity index (χ3v) is 5.49. The first-order valence-electron chi connectivity index (χ1n) is 7.27.